The summed E-state index contributed by atoms with van der Waals surface area (Å²) in [4.78, 5) is 27.1. The van der Waals surface area contributed by atoms with Crippen molar-refractivity contribution in [3.05, 3.63) is 22.4 Å². The van der Waals surface area contributed by atoms with E-state index in [0.717, 1.165) is 19.6 Å². The lowest BCUT2D eigenvalue weighted by Gasteiger charge is -2.21. The van der Waals surface area contributed by atoms with Gasteiger partial charge in [-0.25, -0.2) is 0 Å². The number of thiophene rings is 1. The molecule has 0 bridgehead atoms. The van der Waals surface area contributed by atoms with Crippen molar-refractivity contribution in [2.75, 3.05) is 32.8 Å². The van der Waals surface area contributed by atoms with Gasteiger partial charge in [0.15, 0.2) is 5.78 Å². The smallest absolute Gasteiger partial charge is 0.307 e. The van der Waals surface area contributed by atoms with Crippen molar-refractivity contribution in [3.63, 3.8) is 0 Å². The summed E-state index contributed by atoms with van der Waals surface area (Å²) in [5, 5.41) is 5.08. The Balaban J connectivity index is 2.61. The molecule has 0 amide bonds. The monoisotopic (exact) mass is 326 g/mol. The van der Waals surface area contributed by atoms with Crippen LogP contribution in [0.25, 0.3) is 0 Å². The Labute approximate surface area is 136 Å². The molecule has 1 rings (SSSR count). The lowest BCUT2D eigenvalue weighted by molar-refractivity contribution is -0.143. The Hall–Kier alpha value is -1.24. The van der Waals surface area contributed by atoms with Gasteiger partial charge >= 0.3 is 5.97 Å². The van der Waals surface area contributed by atoms with Gasteiger partial charge < -0.3 is 15.0 Å². The van der Waals surface area contributed by atoms with Gasteiger partial charge in [-0.1, -0.05) is 19.9 Å². The SMILES string of the molecule is CCOC(=O)CC(NCCN(CC)CC)C(=O)c1cccs1. The summed E-state index contributed by atoms with van der Waals surface area (Å²) >= 11 is 1.40. The second-order valence-corrected chi connectivity index (χ2v) is 5.83. The van der Waals surface area contributed by atoms with Crippen LogP contribution in [0.4, 0.5) is 0 Å². The minimum absolute atomic E-state index is 0.0393. The molecule has 0 saturated heterocycles. The molecule has 0 aliphatic carbocycles. The summed E-state index contributed by atoms with van der Waals surface area (Å²) in [5.74, 6) is -0.379. The zero-order valence-electron chi connectivity index (χ0n) is 13.6. The lowest BCUT2D eigenvalue weighted by Crippen LogP contribution is -2.42. The molecule has 0 radical (unpaired) electrons. The first-order chi connectivity index (χ1) is 10.6. The van der Waals surface area contributed by atoms with Gasteiger partial charge in [0.1, 0.15) is 0 Å². The molecular weight excluding hydrogens is 300 g/mol. The molecule has 0 aromatic carbocycles. The van der Waals surface area contributed by atoms with Crippen molar-refractivity contribution >= 4 is 23.1 Å². The molecule has 1 N–H and O–H groups in total. The molecule has 0 saturated carbocycles. The van der Waals surface area contributed by atoms with E-state index in [2.05, 4.69) is 24.1 Å². The number of likely N-dealkylation sites (N-methyl/N-ethyl adjacent to an activating group) is 1. The average molecular weight is 326 g/mol. The van der Waals surface area contributed by atoms with Crippen molar-refractivity contribution in [2.24, 2.45) is 0 Å². The maximum atomic E-state index is 12.5. The van der Waals surface area contributed by atoms with E-state index in [1.165, 1.54) is 11.3 Å². The van der Waals surface area contributed by atoms with Crippen LogP contribution in [0.3, 0.4) is 0 Å². The molecule has 0 aliphatic heterocycles. The minimum Gasteiger partial charge on any atom is -0.466 e. The Bertz CT molecular complexity index is 444. The first-order valence-corrected chi connectivity index (χ1v) is 8.69. The zero-order chi connectivity index (χ0) is 16.4. The van der Waals surface area contributed by atoms with Crippen molar-refractivity contribution in [1.82, 2.24) is 10.2 Å². The van der Waals surface area contributed by atoms with E-state index in [0.29, 0.717) is 18.0 Å². The number of nitrogens with one attached hydrogen (secondary N) is 1. The van der Waals surface area contributed by atoms with Crippen LogP contribution >= 0.6 is 11.3 Å². The predicted molar refractivity (Wildman–Crippen MR) is 89.5 cm³/mol. The highest BCUT2D eigenvalue weighted by molar-refractivity contribution is 7.12. The van der Waals surface area contributed by atoms with E-state index < -0.39 is 6.04 Å². The molecule has 1 unspecified atom stereocenters. The summed E-state index contributed by atoms with van der Waals surface area (Å²) in [6, 6.07) is 3.11. The molecule has 1 aromatic heterocycles. The summed E-state index contributed by atoms with van der Waals surface area (Å²) in [6.07, 6.45) is 0.0722. The molecule has 124 valence electrons. The van der Waals surface area contributed by atoms with Gasteiger partial charge in [0.2, 0.25) is 0 Å². The number of rotatable bonds is 11. The quantitative estimate of drug-likeness (QED) is 0.499. The zero-order valence-corrected chi connectivity index (χ0v) is 14.4. The predicted octanol–water partition coefficient (Wildman–Crippen LogP) is 2.18. The number of carbonyl (C=O) groups excluding carboxylic acids is 2. The van der Waals surface area contributed by atoms with Crippen LogP contribution in [0.1, 0.15) is 36.9 Å². The van der Waals surface area contributed by atoms with Gasteiger partial charge in [0.05, 0.1) is 23.9 Å². The molecule has 0 aliphatic rings. The van der Waals surface area contributed by atoms with Crippen LogP contribution in [0.15, 0.2) is 17.5 Å². The molecule has 5 nitrogen and oxygen atoms in total. The van der Waals surface area contributed by atoms with Gasteiger partial charge in [-0.15, -0.1) is 11.3 Å². The van der Waals surface area contributed by atoms with Crippen LogP contribution in [0, 0.1) is 0 Å². The number of ether oxygens (including phenoxy) is 1. The fourth-order valence-corrected chi connectivity index (χ4v) is 2.89. The van der Waals surface area contributed by atoms with Crippen molar-refractivity contribution < 1.29 is 14.3 Å². The van der Waals surface area contributed by atoms with E-state index in [-0.39, 0.29) is 18.2 Å². The molecule has 1 atom stereocenters. The molecule has 0 spiro atoms. The molecule has 6 heteroatoms. The largest absolute Gasteiger partial charge is 0.466 e. The Kier molecular flexibility index (Phi) is 8.96. The van der Waals surface area contributed by atoms with E-state index in [1.807, 2.05) is 11.4 Å². The third-order valence-electron chi connectivity index (χ3n) is 3.47. The van der Waals surface area contributed by atoms with Crippen molar-refractivity contribution in [3.8, 4) is 0 Å². The topological polar surface area (TPSA) is 58.6 Å². The Morgan fingerprint density at radius 1 is 1.32 bits per heavy atom. The van der Waals surface area contributed by atoms with Crippen LogP contribution in [0.5, 0.6) is 0 Å². The third kappa shape index (κ3) is 6.25. The van der Waals surface area contributed by atoms with E-state index in [9.17, 15) is 9.59 Å². The highest BCUT2D eigenvalue weighted by Gasteiger charge is 2.24. The fraction of sp³-hybridized carbons (Fsp3) is 0.625. The van der Waals surface area contributed by atoms with Gasteiger partial charge in [-0.05, 0) is 31.5 Å². The second kappa shape index (κ2) is 10.5. The molecular formula is C16H26N2O3S. The molecule has 1 aromatic rings. The van der Waals surface area contributed by atoms with Gasteiger partial charge in [-0.2, -0.15) is 0 Å². The average Bonchev–Trinajstić information content (AvgIpc) is 3.04. The van der Waals surface area contributed by atoms with Crippen molar-refractivity contribution in [1.29, 1.82) is 0 Å². The molecule has 0 fully saturated rings. The van der Waals surface area contributed by atoms with Crippen LogP contribution in [0.2, 0.25) is 0 Å². The van der Waals surface area contributed by atoms with Crippen LogP contribution < -0.4 is 5.32 Å². The number of Topliss-reactive ketones (excluding diaryl/α,β-unsaturated/α-hetero) is 1. The van der Waals surface area contributed by atoms with Gasteiger partial charge in [0, 0.05) is 13.1 Å². The first-order valence-electron chi connectivity index (χ1n) is 7.81. The van der Waals surface area contributed by atoms with Crippen LogP contribution in [-0.2, 0) is 9.53 Å². The maximum absolute atomic E-state index is 12.5. The first kappa shape index (κ1) is 18.8. The molecule has 1 heterocycles. The van der Waals surface area contributed by atoms with E-state index >= 15 is 0 Å². The lowest BCUT2D eigenvalue weighted by atomic mass is 10.1. The summed E-state index contributed by atoms with van der Waals surface area (Å²) in [5.41, 5.74) is 0. The van der Waals surface area contributed by atoms with Gasteiger partial charge in [-0.3, -0.25) is 9.59 Å². The maximum Gasteiger partial charge on any atom is 0.307 e. The number of esters is 1. The summed E-state index contributed by atoms with van der Waals surface area (Å²) in [7, 11) is 0. The fourth-order valence-electron chi connectivity index (χ4n) is 2.17. The highest BCUT2D eigenvalue weighted by Crippen LogP contribution is 2.13. The number of carbonyl (C=O) groups is 2. The Morgan fingerprint density at radius 2 is 2.05 bits per heavy atom. The summed E-state index contributed by atoms with van der Waals surface area (Å²) in [6.45, 7) is 9.78. The number of hydrogen-bond acceptors (Lipinski definition) is 6. The van der Waals surface area contributed by atoms with E-state index in [1.54, 1.807) is 13.0 Å². The normalized spacial score (nSPS) is 12.4. The summed E-state index contributed by atoms with van der Waals surface area (Å²) < 4.78 is 4.97. The van der Waals surface area contributed by atoms with E-state index in [4.69, 9.17) is 4.74 Å². The standard InChI is InChI=1S/C16H26N2O3S/c1-4-18(5-2)10-9-17-13(12-15(19)21-6-3)16(20)14-8-7-11-22-14/h7-8,11,13,17H,4-6,9-10,12H2,1-3H3. The minimum atomic E-state index is -0.520. The second-order valence-electron chi connectivity index (χ2n) is 4.88. The third-order valence-corrected chi connectivity index (χ3v) is 4.35. The molecule has 22 heavy (non-hydrogen) atoms. The van der Waals surface area contributed by atoms with Gasteiger partial charge in [0.25, 0.3) is 0 Å². The highest BCUT2D eigenvalue weighted by atomic mass is 32.1. The number of ketones is 1. The Morgan fingerprint density at radius 3 is 2.59 bits per heavy atom. The number of nitrogens with zero attached hydrogens (tertiary/aromatic N) is 1. The van der Waals surface area contributed by atoms with Crippen molar-refractivity contribution in [2.45, 2.75) is 33.2 Å². The number of hydrogen-bond donors (Lipinski definition) is 1. The van der Waals surface area contributed by atoms with Crippen LogP contribution in [-0.4, -0.2) is 55.5 Å².